The van der Waals surface area contributed by atoms with E-state index in [1.807, 2.05) is 6.07 Å². The van der Waals surface area contributed by atoms with Crippen LogP contribution in [0.25, 0.3) is 10.9 Å². The van der Waals surface area contributed by atoms with Crippen LogP contribution in [0.1, 0.15) is 34.5 Å². The molecule has 2 aromatic carbocycles. The molecule has 5 nitrogen and oxygen atoms in total. The minimum atomic E-state index is -0.454. The third kappa shape index (κ3) is 2.82. The van der Waals surface area contributed by atoms with E-state index in [0.717, 1.165) is 37.1 Å². The van der Waals surface area contributed by atoms with Crippen LogP contribution in [0.3, 0.4) is 0 Å². The van der Waals surface area contributed by atoms with Crippen molar-refractivity contribution in [1.82, 2.24) is 14.8 Å². The molecule has 1 fully saturated rings. The average Bonchev–Trinajstić information content (AvgIpc) is 3.15. The van der Waals surface area contributed by atoms with Gasteiger partial charge >= 0.3 is 0 Å². The number of rotatable bonds is 2. The fourth-order valence-electron chi connectivity index (χ4n) is 5.21. The Labute approximate surface area is 175 Å². The highest BCUT2D eigenvalue weighted by Gasteiger charge is 2.45. The standard InChI is InChI=1S/C24H26FN3O2/c1-27-12-9-17-19-15-16(30-2)7-8-21(19)26-22(17)24(27)10-13-28(14-11-24)23(29)18-5-3-4-6-20(18)25/h3-8,15,26H,9-14H2,1-2H3. The van der Waals surface area contributed by atoms with Crippen molar-refractivity contribution in [2.45, 2.75) is 24.8 Å². The monoisotopic (exact) mass is 407 g/mol. The number of hydrogen-bond acceptors (Lipinski definition) is 3. The van der Waals surface area contributed by atoms with Crippen LogP contribution in [0.15, 0.2) is 42.5 Å². The summed E-state index contributed by atoms with van der Waals surface area (Å²) in [7, 11) is 3.86. The molecule has 0 saturated carbocycles. The summed E-state index contributed by atoms with van der Waals surface area (Å²) < 4.78 is 19.5. The molecule has 30 heavy (non-hydrogen) atoms. The normalized spacial score (nSPS) is 18.6. The van der Waals surface area contributed by atoms with Gasteiger partial charge in [0, 0.05) is 36.2 Å². The third-order valence-electron chi connectivity index (χ3n) is 6.99. The topological polar surface area (TPSA) is 48.6 Å². The van der Waals surface area contributed by atoms with E-state index in [2.05, 4.69) is 29.1 Å². The van der Waals surface area contributed by atoms with Crippen LogP contribution < -0.4 is 4.74 Å². The van der Waals surface area contributed by atoms with Crippen LogP contribution in [0, 0.1) is 5.82 Å². The molecule has 0 radical (unpaired) electrons. The number of halogens is 1. The van der Waals surface area contributed by atoms with Crippen molar-refractivity contribution in [1.29, 1.82) is 0 Å². The summed E-state index contributed by atoms with van der Waals surface area (Å²) in [5.41, 5.74) is 3.77. The molecular weight excluding hydrogens is 381 g/mol. The SMILES string of the molecule is COc1ccc2[nH]c3c(c2c1)CCN(C)C31CCN(C(=O)c2ccccc2F)CC1. The first-order valence-electron chi connectivity index (χ1n) is 10.5. The minimum Gasteiger partial charge on any atom is -0.497 e. The van der Waals surface area contributed by atoms with Crippen LogP contribution in [0.2, 0.25) is 0 Å². The summed E-state index contributed by atoms with van der Waals surface area (Å²) in [5, 5.41) is 1.22. The number of H-pyrrole nitrogens is 1. The molecule has 1 N–H and O–H groups in total. The zero-order valence-corrected chi connectivity index (χ0v) is 17.4. The number of aromatic nitrogens is 1. The second-order valence-electron chi connectivity index (χ2n) is 8.37. The van der Waals surface area contributed by atoms with E-state index < -0.39 is 5.82 Å². The van der Waals surface area contributed by atoms with Crippen LogP contribution in [-0.2, 0) is 12.0 Å². The third-order valence-corrected chi connectivity index (χ3v) is 6.99. The number of aromatic amines is 1. The van der Waals surface area contributed by atoms with Crippen molar-refractivity contribution in [3.8, 4) is 5.75 Å². The van der Waals surface area contributed by atoms with E-state index in [-0.39, 0.29) is 17.0 Å². The second kappa shape index (κ2) is 7.13. The van der Waals surface area contributed by atoms with Gasteiger partial charge in [0.25, 0.3) is 5.91 Å². The molecule has 0 aliphatic carbocycles. The van der Waals surface area contributed by atoms with Gasteiger partial charge in [0.15, 0.2) is 0 Å². The molecule has 2 aliphatic rings. The van der Waals surface area contributed by atoms with E-state index in [9.17, 15) is 9.18 Å². The highest BCUT2D eigenvalue weighted by Crippen LogP contribution is 2.45. The number of likely N-dealkylation sites (N-methyl/N-ethyl adjacent to an activating group) is 1. The first kappa shape index (κ1) is 19.1. The number of nitrogens with zero attached hydrogens (tertiary/aromatic N) is 2. The van der Waals surface area contributed by atoms with Gasteiger partial charge in [0.2, 0.25) is 0 Å². The summed E-state index contributed by atoms with van der Waals surface area (Å²) in [6.07, 6.45) is 2.62. The number of hydrogen-bond donors (Lipinski definition) is 1. The Hall–Kier alpha value is -2.86. The van der Waals surface area contributed by atoms with Gasteiger partial charge < -0.3 is 14.6 Å². The molecule has 3 heterocycles. The molecule has 2 aliphatic heterocycles. The van der Waals surface area contributed by atoms with Crippen LogP contribution in [0.4, 0.5) is 4.39 Å². The summed E-state index contributed by atoms with van der Waals surface area (Å²) in [6, 6.07) is 12.4. The number of amides is 1. The van der Waals surface area contributed by atoms with Gasteiger partial charge in [-0.2, -0.15) is 0 Å². The van der Waals surface area contributed by atoms with E-state index in [1.54, 1.807) is 30.2 Å². The Bertz CT molecular complexity index is 1110. The number of methoxy groups -OCH3 is 1. The van der Waals surface area contributed by atoms with Crippen molar-refractivity contribution < 1.29 is 13.9 Å². The predicted octanol–water partition coefficient (Wildman–Crippen LogP) is 3.94. The fourth-order valence-corrected chi connectivity index (χ4v) is 5.21. The molecule has 6 heteroatoms. The van der Waals surface area contributed by atoms with E-state index in [1.165, 1.54) is 22.7 Å². The zero-order chi connectivity index (χ0) is 20.9. The van der Waals surface area contributed by atoms with Gasteiger partial charge in [0.1, 0.15) is 11.6 Å². The molecule has 1 saturated heterocycles. The maximum absolute atomic E-state index is 14.1. The van der Waals surface area contributed by atoms with Crippen molar-refractivity contribution in [3.05, 3.63) is 65.1 Å². The first-order valence-corrected chi connectivity index (χ1v) is 10.5. The summed E-state index contributed by atoms with van der Waals surface area (Å²) in [6.45, 7) is 2.18. The number of carbonyl (C=O) groups is 1. The molecular formula is C24H26FN3O2. The largest absolute Gasteiger partial charge is 0.497 e. The van der Waals surface area contributed by atoms with Crippen LogP contribution in [-0.4, -0.2) is 54.5 Å². The molecule has 0 bridgehead atoms. The highest BCUT2D eigenvalue weighted by molar-refractivity contribution is 5.94. The van der Waals surface area contributed by atoms with Crippen molar-refractivity contribution in [3.63, 3.8) is 0 Å². The second-order valence-corrected chi connectivity index (χ2v) is 8.37. The summed E-state index contributed by atoms with van der Waals surface area (Å²) in [5.74, 6) is 0.190. The number of likely N-dealkylation sites (tertiary alicyclic amines) is 1. The lowest BCUT2D eigenvalue weighted by molar-refractivity contribution is 0.0229. The molecule has 1 amide bonds. The molecule has 5 rings (SSSR count). The number of ether oxygens (including phenoxy) is 1. The smallest absolute Gasteiger partial charge is 0.256 e. The van der Waals surface area contributed by atoms with Gasteiger partial charge in [-0.15, -0.1) is 0 Å². The van der Waals surface area contributed by atoms with Gasteiger partial charge in [-0.05, 0) is 62.2 Å². The highest BCUT2D eigenvalue weighted by atomic mass is 19.1. The summed E-state index contributed by atoms with van der Waals surface area (Å²) in [4.78, 5) is 20.8. The van der Waals surface area contributed by atoms with Crippen LogP contribution >= 0.6 is 0 Å². The number of benzene rings is 2. The quantitative estimate of drug-likeness (QED) is 0.700. The molecule has 1 spiro atoms. The maximum Gasteiger partial charge on any atom is 0.256 e. The Morgan fingerprint density at radius 1 is 1.13 bits per heavy atom. The molecule has 3 aromatic rings. The lowest BCUT2D eigenvalue weighted by atomic mass is 9.77. The molecule has 0 unspecified atom stereocenters. The van der Waals surface area contributed by atoms with Gasteiger partial charge in [-0.3, -0.25) is 9.69 Å². The van der Waals surface area contributed by atoms with Crippen molar-refractivity contribution >= 4 is 16.8 Å². The molecule has 0 atom stereocenters. The number of carbonyl (C=O) groups excluding carboxylic acids is 1. The van der Waals surface area contributed by atoms with Crippen molar-refractivity contribution in [2.75, 3.05) is 33.8 Å². The average molecular weight is 407 g/mol. The lowest BCUT2D eigenvalue weighted by Gasteiger charge is -2.49. The Kier molecular flexibility index (Phi) is 4.54. The van der Waals surface area contributed by atoms with Crippen molar-refractivity contribution in [2.24, 2.45) is 0 Å². The number of nitrogens with one attached hydrogen (secondary N) is 1. The Morgan fingerprint density at radius 2 is 1.90 bits per heavy atom. The lowest BCUT2D eigenvalue weighted by Crippen LogP contribution is -2.55. The first-order chi connectivity index (χ1) is 14.5. The minimum absolute atomic E-state index is 0.133. The molecule has 156 valence electrons. The Balaban J connectivity index is 1.46. The predicted molar refractivity (Wildman–Crippen MR) is 114 cm³/mol. The van der Waals surface area contributed by atoms with Crippen LogP contribution in [0.5, 0.6) is 5.75 Å². The van der Waals surface area contributed by atoms with Gasteiger partial charge in [-0.1, -0.05) is 12.1 Å². The molecule has 1 aromatic heterocycles. The number of piperidine rings is 1. The Morgan fingerprint density at radius 3 is 2.63 bits per heavy atom. The summed E-state index contributed by atoms with van der Waals surface area (Å²) >= 11 is 0. The number of fused-ring (bicyclic) bond motifs is 4. The van der Waals surface area contributed by atoms with E-state index in [0.29, 0.717) is 13.1 Å². The fraction of sp³-hybridized carbons (Fsp3) is 0.375. The van der Waals surface area contributed by atoms with Gasteiger partial charge in [-0.25, -0.2) is 4.39 Å². The van der Waals surface area contributed by atoms with E-state index >= 15 is 0 Å². The van der Waals surface area contributed by atoms with Gasteiger partial charge in [0.05, 0.1) is 18.2 Å². The maximum atomic E-state index is 14.1. The zero-order valence-electron chi connectivity index (χ0n) is 17.4. The van der Waals surface area contributed by atoms with E-state index in [4.69, 9.17) is 4.74 Å².